The van der Waals surface area contributed by atoms with Gasteiger partial charge in [0.2, 0.25) is 0 Å². The molecule has 0 amide bonds. The molecule has 0 aliphatic heterocycles. The summed E-state index contributed by atoms with van der Waals surface area (Å²) < 4.78 is 0. The molecule has 0 aliphatic rings. The molecule has 0 atom stereocenters. The molecule has 94 valence electrons. The van der Waals surface area contributed by atoms with Gasteiger partial charge >= 0.3 is 0 Å². The smallest absolute Gasteiger partial charge is 0.164 e. The second-order valence-corrected chi connectivity index (χ2v) is 5.58. The van der Waals surface area contributed by atoms with Crippen molar-refractivity contribution in [1.29, 1.82) is 0 Å². The number of hydrogen-bond acceptors (Lipinski definition) is 2. The van der Waals surface area contributed by atoms with E-state index >= 15 is 0 Å². The first-order valence-electron chi connectivity index (χ1n) is 6.29. The quantitative estimate of drug-likeness (QED) is 0.632. The maximum Gasteiger partial charge on any atom is 0.164 e. The second-order valence-electron chi connectivity index (χ2n) is 5.58. The monoisotopic (exact) mass is 233 g/mol. The van der Waals surface area contributed by atoms with Crippen molar-refractivity contribution in [3.8, 4) is 0 Å². The third kappa shape index (κ3) is 3.58. The second kappa shape index (κ2) is 5.35. The Morgan fingerprint density at radius 2 is 1.94 bits per heavy atom. The van der Waals surface area contributed by atoms with Gasteiger partial charge in [-0.3, -0.25) is 4.79 Å². The number of carbonyl (C=O) groups excluding carboxylic acids is 1. The molecule has 0 saturated heterocycles. The Labute approximate surface area is 104 Å². The summed E-state index contributed by atoms with van der Waals surface area (Å²) >= 11 is 0. The highest BCUT2D eigenvalue weighted by molar-refractivity contribution is 6.00. The van der Waals surface area contributed by atoms with Crippen molar-refractivity contribution in [2.75, 3.05) is 5.73 Å². The molecule has 0 unspecified atom stereocenters. The Balaban J connectivity index is 3.02. The predicted octanol–water partition coefficient (Wildman–Crippen LogP) is 3.94. The van der Waals surface area contributed by atoms with Crippen LogP contribution in [-0.4, -0.2) is 5.78 Å². The summed E-state index contributed by atoms with van der Waals surface area (Å²) in [6, 6.07) is 5.80. The van der Waals surface area contributed by atoms with Gasteiger partial charge in [-0.15, -0.1) is 0 Å². The van der Waals surface area contributed by atoms with Crippen LogP contribution in [-0.2, 0) is 5.41 Å². The van der Waals surface area contributed by atoms with E-state index in [0.717, 1.165) is 18.4 Å². The maximum atomic E-state index is 12.0. The number of hydrogen-bond donors (Lipinski definition) is 1. The average molecular weight is 233 g/mol. The van der Waals surface area contributed by atoms with Crippen molar-refractivity contribution in [3.63, 3.8) is 0 Å². The minimum Gasteiger partial charge on any atom is -0.398 e. The topological polar surface area (TPSA) is 43.1 Å². The SMILES string of the molecule is CCCCC(=O)c1cc(C(C)(C)C)ccc1N. The molecule has 1 rings (SSSR count). The predicted molar refractivity (Wildman–Crippen MR) is 73.4 cm³/mol. The number of unbranched alkanes of at least 4 members (excludes halogenated alkanes) is 1. The zero-order valence-electron chi connectivity index (χ0n) is 11.3. The van der Waals surface area contributed by atoms with E-state index in [1.165, 1.54) is 0 Å². The molecule has 0 radical (unpaired) electrons. The highest BCUT2D eigenvalue weighted by Crippen LogP contribution is 2.26. The van der Waals surface area contributed by atoms with Gasteiger partial charge in [0.05, 0.1) is 0 Å². The van der Waals surface area contributed by atoms with E-state index in [-0.39, 0.29) is 11.2 Å². The van der Waals surface area contributed by atoms with E-state index in [9.17, 15) is 4.79 Å². The van der Waals surface area contributed by atoms with Crippen LogP contribution in [0.2, 0.25) is 0 Å². The molecule has 1 aromatic carbocycles. The first-order chi connectivity index (χ1) is 7.86. The Morgan fingerprint density at radius 3 is 2.47 bits per heavy atom. The van der Waals surface area contributed by atoms with Gasteiger partial charge in [0.15, 0.2) is 5.78 Å². The standard InChI is InChI=1S/C15H23NO/c1-5-6-7-14(17)12-10-11(15(2,3)4)8-9-13(12)16/h8-10H,5-7,16H2,1-4H3. The van der Waals surface area contributed by atoms with E-state index < -0.39 is 0 Å². The fraction of sp³-hybridized carbons (Fsp3) is 0.533. The Kier molecular flexibility index (Phi) is 4.33. The van der Waals surface area contributed by atoms with Crippen molar-refractivity contribution >= 4 is 11.5 Å². The highest BCUT2D eigenvalue weighted by atomic mass is 16.1. The molecule has 0 saturated carbocycles. The van der Waals surface area contributed by atoms with Crippen LogP contribution in [0.4, 0.5) is 5.69 Å². The molecule has 17 heavy (non-hydrogen) atoms. The highest BCUT2D eigenvalue weighted by Gasteiger charge is 2.17. The summed E-state index contributed by atoms with van der Waals surface area (Å²) in [7, 11) is 0. The third-order valence-corrected chi connectivity index (χ3v) is 2.98. The number of nitrogens with two attached hydrogens (primary N) is 1. The van der Waals surface area contributed by atoms with Crippen molar-refractivity contribution < 1.29 is 4.79 Å². The minimum atomic E-state index is 0.0491. The van der Waals surface area contributed by atoms with Gasteiger partial charge < -0.3 is 5.73 Å². The molecular weight excluding hydrogens is 210 g/mol. The third-order valence-electron chi connectivity index (χ3n) is 2.98. The lowest BCUT2D eigenvalue weighted by atomic mass is 9.85. The summed E-state index contributed by atoms with van der Waals surface area (Å²) in [6.07, 6.45) is 2.55. The largest absolute Gasteiger partial charge is 0.398 e. The number of ketones is 1. The van der Waals surface area contributed by atoms with Gasteiger partial charge in [0.1, 0.15) is 0 Å². The van der Waals surface area contributed by atoms with E-state index in [1.54, 1.807) is 0 Å². The Morgan fingerprint density at radius 1 is 1.29 bits per heavy atom. The van der Waals surface area contributed by atoms with Gasteiger partial charge in [-0.05, 0) is 29.5 Å². The van der Waals surface area contributed by atoms with Crippen LogP contribution in [0.25, 0.3) is 0 Å². The molecule has 0 aromatic heterocycles. The zero-order valence-corrected chi connectivity index (χ0v) is 11.3. The van der Waals surface area contributed by atoms with Crippen LogP contribution in [0, 0.1) is 0 Å². The molecule has 2 heteroatoms. The molecule has 0 aliphatic carbocycles. The summed E-state index contributed by atoms with van der Waals surface area (Å²) in [5.74, 6) is 0.162. The maximum absolute atomic E-state index is 12.0. The molecule has 0 fully saturated rings. The van der Waals surface area contributed by atoms with Gasteiger partial charge in [0.25, 0.3) is 0 Å². The van der Waals surface area contributed by atoms with Gasteiger partial charge in [-0.2, -0.15) is 0 Å². The molecule has 1 aromatic rings. The lowest BCUT2D eigenvalue weighted by molar-refractivity contribution is 0.0980. The summed E-state index contributed by atoms with van der Waals surface area (Å²) in [4.78, 5) is 12.0. The van der Waals surface area contributed by atoms with Crippen LogP contribution in [0.1, 0.15) is 62.9 Å². The van der Waals surface area contributed by atoms with E-state index in [0.29, 0.717) is 17.7 Å². The Hall–Kier alpha value is -1.31. The van der Waals surface area contributed by atoms with E-state index in [2.05, 4.69) is 27.7 Å². The molecule has 2 nitrogen and oxygen atoms in total. The van der Waals surface area contributed by atoms with Crippen molar-refractivity contribution in [2.45, 2.75) is 52.4 Å². The van der Waals surface area contributed by atoms with Crippen LogP contribution in [0.15, 0.2) is 18.2 Å². The lowest BCUT2D eigenvalue weighted by Crippen LogP contribution is -2.13. The number of rotatable bonds is 4. The molecular formula is C15H23NO. The number of Topliss-reactive ketones (excluding diaryl/α,β-unsaturated/α-hetero) is 1. The van der Waals surface area contributed by atoms with Crippen molar-refractivity contribution in [2.24, 2.45) is 0 Å². The molecule has 2 N–H and O–H groups in total. The number of anilines is 1. The summed E-state index contributed by atoms with van der Waals surface area (Å²) in [6.45, 7) is 8.50. The molecule has 0 heterocycles. The van der Waals surface area contributed by atoms with Crippen molar-refractivity contribution in [1.82, 2.24) is 0 Å². The lowest BCUT2D eigenvalue weighted by Gasteiger charge is -2.20. The number of benzene rings is 1. The van der Waals surface area contributed by atoms with Crippen LogP contribution in [0.5, 0.6) is 0 Å². The summed E-state index contributed by atoms with van der Waals surface area (Å²) in [5, 5.41) is 0. The number of nitrogen functional groups attached to an aromatic ring is 1. The molecule has 0 spiro atoms. The van der Waals surface area contributed by atoms with E-state index in [1.807, 2.05) is 18.2 Å². The fourth-order valence-corrected chi connectivity index (χ4v) is 1.74. The Bertz CT molecular complexity index is 402. The average Bonchev–Trinajstić information content (AvgIpc) is 2.24. The van der Waals surface area contributed by atoms with E-state index in [4.69, 9.17) is 5.73 Å². The fourth-order valence-electron chi connectivity index (χ4n) is 1.74. The van der Waals surface area contributed by atoms with Gasteiger partial charge in [-0.1, -0.05) is 40.2 Å². The number of carbonyl (C=O) groups is 1. The van der Waals surface area contributed by atoms with Crippen LogP contribution in [0.3, 0.4) is 0 Å². The normalized spacial score (nSPS) is 11.5. The van der Waals surface area contributed by atoms with Gasteiger partial charge in [0, 0.05) is 17.7 Å². The minimum absolute atomic E-state index is 0.0491. The zero-order chi connectivity index (χ0) is 13.1. The molecule has 0 bridgehead atoms. The summed E-state index contributed by atoms with van der Waals surface area (Å²) in [5.41, 5.74) is 8.37. The van der Waals surface area contributed by atoms with Crippen molar-refractivity contribution in [3.05, 3.63) is 29.3 Å². The van der Waals surface area contributed by atoms with Crippen LogP contribution >= 0.6 is 0 Å². The first kappa shape index (κ1) is 13.8. The first-order valence-corrected chi connectivity index (χ1v) is 6.29. The van der Waals surface area contributed by atoms with Crippen LogP contribution < -0.4 is 5.73 Å². The van der Waals surface area contributed by atoms with Gasteiger partial charge in [-0.25, -0.2) is 0 Å².